The van der Waals surface area contributed by atoms with Gasteiger partial charge in [0.2, 0.25) is 5.82 Å². The molecule has 0 radical (unpaired) electrons. The molecular weight excluding hydrogens is 318 g/mol. The first-order valence-corrected chi connectivity index (χ1v) is 8.57. The largest absolute Gasteiger partial charge is 0.378 e. The van der Waals surface area contributed by atoms with Crippen LogP contribution in [0.5, 0.6) is 0 Å². The number of pyridine rings is 1. The number of hydrogen-bond donors (Lipinski definition) is 0. The molecular formula is C14H17N5O3S. The zero-order valence-corrected chi connectivity index (χ0v) is 13.4. The van der Waals surface area contributed by atoms with Gasteiger partial charge in [-0.2, -0.15) is 4.98 Å². The average Bonchev–Trinajstić information content (AvgIpc) is 3.23. The fourth-order valence-corrected chi connectivity index (χ4v) is 4.01. The Hall–Kier alpha value is -2.00. The summed E-state index contributed by atoms with van der Waals surface area (Å²) in [5.41, 5.74) is 0.681. The van der Waals surface area contributed by atoms with Crippen LogP contribution in [-0.2, 0) is 4.74 Å². The highest BCUT2D eigenvalue weighted by molar-refractivity contribution is 7.22. The Kier molecular flexibility index (Phi) is 3.74. The van der Waals surface area contributed by atoms with E-state index in [1.807, 2.05) is 4.90 Å². The SMILES string of the molecule is O=[N+]([O-])c1cc2sc(N3CCOCC3)nc2nc1N1CCCC1. The quantitative estimate of drug-likeness (QED) is 0.627. The summed E-state index contributed by atoms with van der Waals surface area (Å²) in [5, 5.41) is 12.3. The number of rotatable bonds is 3. The zero-order chi connectivity index (χ0) is 15.8. The van der Waals surface area contributed by atoms with E-state index >= 15 is 0 Å². The summed E-state index contributed by atoms with van der Waals surface area (Å²) in [6.07, 6.45) is 2.10. The highest BCUT2D eigenvalue weighted by atomic mass is 32.1. The van der Waals surface area contributed by atoms with Gasteiger partial charge >= 0.3 is 5.69 Å². The van der Waals surface area contributed by atoms with E-state index in [1.54, 1.807) is 6.07 Å². The van der Waals surface area contributed by atoms with Crippen molar-refractivity contribution in [1.29, 1.82) is 0 Å². The zero-order valence-electron chi connectivity index (χ0n) is 12.6. The van der Waals surface area contributed by atoms with Gasteiger partial charge in [-0.3, -0.25) is 10.1 Å². The first-order chi connectivity index (χ1) is 11.2. The molecule has 0 spiro atoms. The van der Waals surface area contributed by atoms with Gasteiger partial charge in [-0.25, -0.2) is 4.98 Å². The van der Waals surface area contributed by atoms with Crippen molar-refractivity contribution in [3.8, 4) is 0 Å². The lowest BCUT2D eigenvalue weighted by Crippen LogP contribution is -2.36. The maximum atomic E-state index is 11.4. The number of morpholine rings is 1. The van der Waals surface area contributed by atoms with Crippen molar-refractivity contribution in [2.24, 2.45) is 0 Å². The summed E-state index contributed by atoms with van der Waals surface area (Å²) >= 11 is 1.46. The van der Waals surface area contributed by atoms with Gasteiger partial charge in [0, 0.05) is 32.2 Å². The maximum absolute atomic E-state index is 11.4. The number of fused-ring (bicyclic) bond motifs is 1. The normalized spacial score (nSPS) is 18.8. The van der Waals surface area contributed by atoms with Gasteiger partial charge < -0.3 is 14.5 Å². The lowest BCUT2D eigenvalue weighted by atomic mass is 10.3. The highest BCUT2D eigenvalue weighted by Crippen LogP contribution is 2.36. The molecule has 0 N–H and O–H groups in total. The molecule has 2 saturated heterocycles. The van der Waals surface area contributed by atoms with Crippen molar-refractivity contribution in [2.45, 2.75) is 12.8 Å². The Morgan fingerprint density at radius 1 is 1.13 bits per heavy atom. The summed E-state index contributed by atoms with van der Waals surface area (Å²) in [6.45, 7) is 4.59. The number of ether oxygens (including phenoxy) is 1. The molecule has 9 heteroatoms. The number of nitrogens with zero attached hydrogens (tertiary/aromatic N) is 5. The molecule has 8 nitrogen and oxygen atoms in total. The number of aromatic nitrogens is 2. The summed E-state index contributed by atoms with van der Waals surface area (Å²) in [4.78, 5) is 24.3. The molecule has 2 aromatic heterocycles. The summed E-state index contributed by atoms with van der Waals surface area (Å²) < 4.78 is 6.12. The molecule has 23 heavy (non-hydrogen) atoms. The average molecular weight is 335 g/mol. The van der Waals surface area contributed by atoms with Crippen LogP contribution < -0.4 is 9.80 Å². The van der Waals surface area contributed by atoms with Gasteiger partial charge in [0.05, 0.1) is 22.8 Å². The van der Waals surface area contributed by atoms with Crippen LogP contribution in [0.1, 0.15) is 12.8 Å². The number of hydrogen-bond acceptors (Lipinski definition) is 8. The highest BCUT2D eigenvalue weighted by Gasteiger charge is 2.26. The minimum Gasteiger partial charge on any atom is -0.378 e. The molecule has 2 aromatic rings. The lowest BCUT2D eigenvalue weighted by Gasteiger charge is -2.25. The molecule has 0 bridgehead atoms. The molecule has 0 unspecified atom stereocenters. The van der Waals surface area contributed by atoms with E-state index in [1.165, 1.54) is 11.3 Å². The molecule has 0 aliphatic carbocycles. The third-order valence-electron chi connectivity index (χ3n) is 4.22. The monoisotopic (exact) mass is 335 g/mol. The Labute approximate surface area is 136 Å². The fraction of sp³-hybridized carbons (Fsp3) is 0.571. The number of anilines is 2. The lowest BCUT2D eigenvalue weighted by molar-refractivity contribution is -0.384. The molecule has 122 valence electrons. The van der Waals surface area contributed by atoms with E-state index in [2.05, 4.69) is 14.9 Å². The molecule has 0 saturated carbocycles. The number of thiazole rings is 1. The first-order valence-electron chi connectivity index (χ1n) is 7.76. The van der Waals surface area contributed by atoms with Crippen molar-refractivity contribution in [1.82, 2.24) is 9.97 Å². The van der Waals surface area contributed by atoms with Crippen molar-refractivity contribution in [2.75, 3.05) is 49.2 Å². The Bertz CT molecular complexity index is 737. The predicted octanol–water partition coefficient (Wildman–Crippen LogP) is 2.04. The van der Waals surface area contributed by atoms with Crippen LogP contribution in [-0.4, -0.2) is 54.3 Å². The van der Waals surface area contributed by atoms with Crippen LogP contribution in [0.2, 0.25) is 0 Å². The van der Waals surface area contributed by atoms with Crippen molar-refractivity contribution in [3.63, 3.8) is 0 Å². The molecule has 4 heterocycles. The van der Waals surface area contributed by atoms with Crippen LogP contribution in [0, 0.1) is 10.1 Å². The Morgan fingerprint density at radius 2 is 1.87 bits per heavy atom. The van der Waals surface area contributed by atoms with E-state index in [9.17, 15) is 10.1 Å². The smallest absolute Gasteiger partial charge is 0.313 e. The molecule has 0 atom stereocenters. The molecule has 4 rings (SSSR count). The van der Waals surface area contributed by atoms with Gasteiger partial charge in [-0.05, 0) is 12.8 Å². The third-order valence-corrected chi connectivity index (χ3v) is 5.27. The van der Waals surface area contributed by atoms with Crippen molar-refractivity contribution in [3.05, 3.63) is 16.2 Å². The van der Waals surface area contributed by atoms with Crippen LogP contribution in [0.4, 0.5) is 16.6 Å². The van der Waals surface area contributed by atoms with E-state index in [0.29, 0.717) is 24.7 Å². The van der Waals surface area contributed by atoms with E-state index < -0.39 is 0 Å². The maximum Gasteiger partial charge on any atom is 0.313 e. The second-order valence-corrected chi connectivity index (χ2v) is 6.71. The topological polar surface area (TPSA) is 84.6 Å². The molecule has 0 amide bonds. The molecule has 2 aliphatic rings. The van der Waals surface area contributed by atoms with E-state index in [4.69, 9.17) is 4.74 Å². The van der Waals surface area contributed by atoms with Crippen LogP contribution in [0.25, 0.3) is 10.3 Å². The van der Waals surface area contributed by atoms with Gasteiger partial charge in [-0.1, -0.05) is 11.3 Å². The minimum atomic E-state index is -0.339. The van der Waals surface area contributed by atoms with E-state index in [0.717, 1.165) is 48.9 Å². The summed E-state index contributed by atoms with van der Waals surface area (Å²) in [7, 11) is 0. The first kappa shape index (κ1) is 14.6. The number of nitro groups is 1. The van der Waals surface area contributed by atoms with Gasteiger partial charge in [0.1, 0.15) is 0 Å². The molecule has 2 aliphatic heterocycles. The van der Waals surface area contributed by atoms with Crippen molar-refractivity contribution >= 4 is 38.3 Å². The van der Waals surface area contributed by atoms with Crippen LogP contribution in [0.15, 0.2) is 6.07 Å². The molecule has 2 fully saturated rings. The minimum absolute atomic E-state index is 0.0802. The van der Waals surface area contributed by atoms with Crippen LogP contribution in [0.3, 0.4) is 0 Å². The molecule has 0 aromatic carbocycles. The standard InChI is InChI=1S/C14H17N5O3S/c20-19(21)10-9-11-12(15-13(10)17-3-1-2-4-17)16-14(23-11)18-5-7-22-8-6-18/h9H,1-8H2. The Morgan fingerprint density at radius 3 is 2.57 bits per heavy atom. The van der Waals surface area contributed by atoms with Crippen molar-refractivity contribution < 1.29 is 9.66 Å². The van der Waals surface area contributed by atoms with Gasteiger partial charge in [-0.15, -0.1) is 0 Å². The fourth-order valence-electron chi connectivity index (χ4n) is 3.02. The summed E-state index contributed by atoms with van der Waals surface area (Å²) in [6, 6.07) is 1.62. The predicted molar refractivity (Wildman–Crippen MR) is 88.5 cm³/mol. The van der Waals surface area contributed by atoms with Gasteiger partial charge in [0.25, 0.3) is 0 Å². The van der Waals surface area contributed by atoms with E-state index in [-0.39, 0.29) is 10.6 Å². The second kappa shape index (κ2) is 5.89. The van der Waals surface area contributed by atoms with Gasteiger partial charge in [0.15, 0.2) is 10.8 Å². The third kappa shape index (κ3) is 2.70. The summed E-state index contributed by atoms with van der Waals surface area (Å²) in [5.74, 6) is 0.457. The Balaban J connectivity index is 1.76. The second-order valence-electron chi connectivity index (χ2n) is 5.70. The van der Waals surface area contributed by atoms with Crippen LogP contribution >= 0.6 is 11.3 Å².